The summed E-state index contributed by atoms with van der Waals surface area (Å²) in [4.78, 5) is 4.41. The SMILES string of the molecule is COc1cccc(C(C)NC2CCOC2)n1. The Kier molecular flexibility index (Phi) is 3.74. The number of hydrogen-bond donors (Lipinski definition) is 1. The molecule has 16 heavy (non-hydrogen) atoms. The van der Waals surface area contributed by atoms with Crippen LogP contribution in [0.4, 0.5) is 0 Å². The van der Waals surface area contributed by atoms with Crippen molar-refractivity contribution in [1.82, 2.24) is 10.3 Å². The molecule has 4 heteroatoms. The summed E-state index contributed by atoms with van der Waals surface area (Å²) >= 11 is 0. The van der Waals surface area contributed by atoms with Crippen molar-refractivity contribution >= 4 is 0 Å². The Labute approximate surface area is 96.0 Å². The van der Waals surface area contributed by atoms with Crippen molar-refractivity contribution in [2.24, 2.45) is 0 Å². The van der Waals surface area contributed by atoms with Crippen molar-refractivity contribution in [2.45, 2.75) is 25.4 Å². The van der Waals surface area contributed by atoms with Gasteiger partial charge in [-0.1, -0.05) is 6.07 Å². The first-order chi connectivity index (χ1) is 7.79. The van der Waals surface area contributed by atoms with Crippen molar-refractivity contribution in [3.63, 3.8) is 0 Å². The van der Waals surface area contributed by atoms with Crippen LogP contribution in [0.5, 0.6) is 5.88 Å². The number of rotatable bonds is 4. The van der Waals surface area contributed by atoms with Gasteiger partial charge in [0, 0.05) is 24.8 Å². The van der Waals surface area contributed by atoms with Crippen LogP contribution in [0.2, 0.25) is 0 Å². The second-order valence-corrected chi connectivity index (χ2v) is 4.05. The Morgan fingerprint density at radius 1 is 1.56 bits per heavy atom. The zero-order chi connectivity index (χ0) is 11.4. The summed E-state index contributed by atoms with van der Waals surface area (Å²) in [6.07, 6.45) is 1.08. The highest BCUT2D eigenvalue weighted by Gasteiger charge is 2.18. The third kappa shape index (κ3) is 2.71. The minimum absolute atomic E-state index is 0.224. The Bertz CT molecular complexity index is 338. The number of nitrogens with one attached hydrogen (secondary N) is 1. The van der Waals surface area contributed by atoms with Gasteiger partial charge in [0.25, 0.3) is 0 Å². The number of nitrogens with zero attached hydrogens (tertiary/aromatic N) is 1. The fourth-order valence-electron chi connectivity index (χ4n) is 1.89. The van der Waals surface area contributed by atoms with E-state index in [1.54, 1.807) is 7.11 Å². The van der Waals surface area contributed by atoms with Crippen molar-refractivity contribution in [3.05, 3.63) is 23.9 Å². The van der Waals surface area contributed by atoms with Crippen LogP contribution < -0.4 is 10.1 Å². The molecule has 1 aromatic rings. The summed E-state index contributed by atoms with van der Waals surface area (Å²) in [5.41, 5.74) is 1.01. The molecule has 2 rings (SSSR count). The van der Waals surface area contributed by atoms with Crippen LogP contribution in [-0.4, -0.2) is 31.3 Å². The molecule has 0 amide bonds. The predicted molar refractivity (Wildman–Crippen MR) is 61.6 cm³/mol. The molecule has 0 aromatic carbocycles. The van der Waals surface area contributed by atoms with Crippen LogP contribution in [0.25, 0.3) is 0 Å². The maximum Gasteiger partial charge on any atom is 0.213 e. The van der Waals surface area contributed by atoms with E-state index in [4.69, 9.17) is 9.47 Å². The minimum atomic E-state index is 0.224. The van der Waals surface area contributed by atoms with Crippen LogP contribution in [0.1, 0.15) is 25.1 Å². The lowest BCUT2D eigenvalue weighted by Gasteiger charge is -2.18. The van der Waals surface area contributed by atoms with Gasteiger partial charge in [-0.3, -0.25) is 0 Å². The second kappa shape index (κ2) is 5.27. The Morgan fingerprint density at radius 3 is 3.12 bits per heavy atom. The van der Waals surface area contributed by atoms with E-state index >= 15 is 0 Å². The average Bonchev–Trinajstić information content (AvgIpc) is 2.82. The third-order valence-electron chi connectivity index (χ3n) is 2.81. The van der Waals surface area contributed by atoms with Crippen LogP contribution in [0.3, 0.4) is 0 Å². The predicted octanol–water partition coefficient (Wildman–Crippen LogP) is 1.53. The van der Waals surface area contributed by atoms with E-state index in [9.17, 15) is 0 Å². The summed E-state index contributed by atoms with van der Waals surface area (Å²) in [6.45, 7) is 3.77. The summed E-state index contributed by atoms with van der Waals surface area (Å²) in [6, 6.07) is 6.50. The highest BCUT2D eigenvalue weighted by molar-refractivity contribution is 5.17. The minimum Gasteiger partial charge on any atom is -0.481 e. The molecule has 1 N–H and O–H groups in total. The van der Waals surface area contributed by atoms with Crippen LogP contribution in [0, 0.1) is 0 Å². The molecular weight excluding hydrogens is 204 g/mol. The van der Waals surface area contributed by atoms with Crippen molar-refractivity contribution in [2.75, 3.05) is 20.3 Å². The third-order valence-corrected chi connectivity index (χ3v) is 2.81. The first kappa shape index (κ1) is 11.4. The maximum absolute atomic E-state index is 5.33. The quantitative estimate of drug-likeness (QED) is 0.839. The van der Waals surface area contributed by atoms with Gasteiger partial charge in [0.15, 0.2) is 0 Å². The van der Waals surface area contributed by atoms with Gasteiger partial charge in [0.05, 0.1) is 19.4 Å². The monoisotopic (exact) mass is 222 g/mol. The molecule has 2 heterocycles. The fourth-order valence-corrected chi connectivity index (χ4v) is 1.89. The highest BCUT2D eigenvalue weighted by atomic mass is 16.5. The van der Waals surface area contributed by atoms with Crippen LogP contribution in [0.15, 0.2) is 18.2 Å². The molecule has 4 nitrogen and oxygen atoms in total. The van der Waals surface area contributed by atoms with Gasteiger partial charge in [0.2, 0.25) is 5.88 Å². The standard InChI is InChI=1S/C12H18N2O2/c1-9(13-10-6-7-16-8-10)11-4-3-5-12(14-11)15-2/h3-5,9-10,13H,6-8H2,1-2H3. The lowest BCUT2D eigenvalue weighted by atomic mass is 10.1. The molecule has 0 aliphatic carbocycles. The topological polar surface area (TPSA) is 43.4 Å². The second-order valence-electron chi connectivity index (χ2n) is 4.05. The van der Waals surface area contributed by atoms with Gasteiger partial charge in [-0.25, -0.2) is 4.98 Å². The van der Waals surface area contributed by atoms with Gasteiger partial charge in [-0.05, 0) is 19.4 Å². The largest absolute Gasteiger partial charge is 0.481 e. The molecule has 1 saturated heterocycles. The summed E-state index contributed by atoms with van der Waals surface area (Å²) in [5, 5.41) is 3.50. The number of hydrogen-bond acceptors (Lipinski definition) is 4. The van der Waals surface area contributed by atoms with E-state index in [1.165, 1.54) is 0 Å². The van der Waals surface area contributed by atoms with E-state index in [2.05, 4.69) is 17.2 Å². The molecular formula is C12H18N2O2. The first-order valence-electron chi connectivity index (χ1n) is 5.64. The Balaban J connectivity index is 1.98. The molecule has 1 aromatic heterocycles. The van der Waals surface area contributed by atoms with Gasteiger partial charge in [-0.15, -0.1) is 0 Å². The van der Waals surface area contributed by atoms with Crippen molar-refractivity contribution in [1.29, 1.82) is 0 Å². The van der Waals surface area contributed by atoms with E-state index in [1.807, 2.05) is 18.2 Å². The first-order valence-corrected chi connectivity index (χ1v) is 5.64. The number of pyridine rings is 1. The molecule has 88 valence electrons. The molecule has 2 atom stereocenters. The molecule has 1 fully saturated rings. The molecule has 0 spiro atoms. The normalized spacial score (nSPS) is 22.0. The summed E-state index contributed by atoms with van der Waals surface area (Å²) < 4.78 is 10.4. The molecule has 1 aliphatic heterocycles. The van der Waals surface area contributed by atoms with E-state index in [0.717, 1.165) is 25.3 Å². The van der Waals surface area contributed by atoms with E-state index in [-0.39, 0.29) is 6.04 Å². The molecule has 2 unspecified atom stereocenters. The molecule has 0 bridgehead atoms. The molecule has 0 saturated carbocycles. The average molecular weight is 222 g/mol. The van der Waals surface area contributed by atoms with Crippen LogP contribution >= 0.6 is 0 Å². The smallest absolute Gasteiger partial charge is 0.213 e. The van der Waals surface area contributed by atoms with Crippen molar-refractivity contribution in [3.8, 4) is 5.88 Å². The summed E-state index contributed by atoms with van der Waals surface area (Å²) in [5.74, 6) is 0.661. The van der Waals surface area contributed by atoms with Crippen LogP contribution in [-0.2, 0) is 4.74 Å². The zero-order valence-electron chi connectivity index (χ0n) is 9.77. The number of methoxy groups -OCH3 is 1. The van der Waals surface area contributed by atoms with Gasteiger partial charge in [-0.2, -0.15) is 0 Å². The van der Waals surface area contributed by atoms with Gasteiger partial charge >= 0.3 is 0 Å². The van der Waals surface area contributed by atoms with E-state index < -0.39 is 0 Å². The Morgan fingerprint density at radius 2 is 2.44 bits per heavy atom. The zero-order valence-corrected chi connectivity index (χ0v) is 9.77. The molecule has 1 aliphatic rings. The molecule has 0 radical (unpaired) electrons. The fraction of sp³-hybridized carbons (Fsp3) is 0.583. The van der Waals surface area contributed by atoms with Crippen molar-refractivity contribution < 1.29 is 9.47 Å². The van der Waals surface area contributed by atoms with Gasteiger partial charge < -0.3 is 14.8 Å². The lowest BCUT2D eigenvalue weighted by Crippen LogP contribution is -2.32. The summed E-state index contributed by atoms with van der Waals surface area (Å²) in [7, 11) is 1.63. The Hall–Kier alpha value is -1.13. The van der Waals surface area contributed by atoms with Gasteiger partial charge in [0.1, 0.15) is 0 Å². The number of ether oxygens (including phenoxy) is 2. The lowest BCUT2D eigenvalue weighted by molar-refractivity contribution is 0.188. The number of aromatic nitrogens is 1. The maximum atomic E-state index is 5.33. The highest BCUT2D eigenvalue weighted by Crippen LogP contribution is 2.16. The van der Waals surface area contributed by atoms with E-state index in [0.29, 0.717) is 11.9 Å².